The Balaban J connectivity index is 0.000000383. The zero-order valence-electron chi connectivity index (χ0n) is 29.7. The number of carboxylic acid groups (broad SMARTS) is 4. The fourth-order valence-corrected chi connectivity index (χ4v) is 4.21. The van der Waals surface area contributed by atoms with E-state index in [0.29, 0.717) is 12.1 Å². The number of aliphatic carboxylic acids is 4. The molecule has 1 aliphatic rings. The fourth-order valence-electron chi connectivity index (χ4n) is 4.21. The summed E-state index contributed by atoms with van der Waals surface area (Å²) in [6, 6.07) is 22.0. The van der Waals surface area contributed by atoms with Crippen LogP contribution in [0.5, 0.6) is 0 Å². The summed E-state index contributed by atoms with van der Waals surface area (Å²) in [5, 5.41) is 54.8. The summed E-state index contributed by atoms with van der Waals surface area (Å²) in [5.74, 6) is -4.70. The number of nitro benzene ring substituents is 1. The Morgan fingerprint density at radius 3 is 1.83 bits per heavy atom. The number of carbonyl (C=O) groups excluding carboxylic acids is 2. The Hall–Kier alpha value is -6.40. The topological polar surface area (TPSA) is 301 Å². The third-order valence-corrected chi connectivity index (χ3v) is 7.18. The number of nitrogens with one attached hydrogen (secondary N) is 4. The molecule has 1 aliphatic heterocycles. The van der Waals surface area contributed by atoms with Gasteiger partial charge in [-0.1, -0.05) is 48.5 Å². The average molecular weight is 755 g/mol. The molecule has 1 heterocycles. The molecule has 1 fully saturated rings. The van der Waals surface area contributed by atoms with E-state index in [0.717, 1.165) is 30.6 Å². The molecule has 0 radical (unpaired) electrons. The predicted molar refractivity (Wildman–Crippen MR) is 198 cm³/mol. The molecule has 4 atom stereocenters. The van der Waals surface area contributed by atoms with Crippen LogP contribution in [0.1, 0.15) is 45.1 Å². The molecule has 2 amide bonds. The smallest absolute Gasteiger partial charge is 0.325 e. The van der Waals surface area contributed by atoms with E-state index in [1.807, 2.05) is 60.7 Å². The first-order chi connectivity index (χ1) is 25.5. The standard InChI is InChI=1S/C15H15N3O3.C9H11NO2.C7H11NO5.C5H9NO2/c1-11(16-12-5-3-2-4-6-12)15(19)17-13-7-9-14(10-8-13)18(20)21;10-8(9(11)12)6-7-4-2-1-3-5-7;1-4(7(12)13)8-5(9)2-3-6(10)11;7-5(8)4-2-1-3-6-4/h2-11,16H,1H3,(H,17,19);1-5,8H,6,10H2,(H,11,12);4H,2-3H2,1H3,(H,8,9)(H,10,11)(H,12,13);4,6H,1-3H2,(H,7,8)/t11-;8-;2*4-/m0000/s1. The minimum absolute atomic E-state index is 0.0107. The van der Waals surface area contributed by atoms with E-state index in [1.165, 1.54) is 31.2 Å². The molecule has 4 rings (SSSR count). The maximum absolute atomic E-state index is 12.0. The Labute approximate surface area is 310 Å². The predicted octanol–water partition coefficient (Wildman–Crippen LogP) is 2.94. The Morgan fingerprint density at radius 1 is 0.815 bits per heavy atom. The molecule has 3 aromatic rings. The van der Waals surface area contributed by atoms with Crippen molar-refractivity contribution in [3.63, 3.8) is 0 Å². The van der Waals surface area contributed by atoms with Gasteiger partial charge in [-0.05, 0) is 69.5 Å². The molecule has 18 heteroatoms. The molecule has 1 saturated heterocycles. The molecule has 0 saturated carbocycles. The third kappa shape index (κ3) is 19.8. The van der Waals surface area contributed by atoms with Crippen LogP contribution >= 0.6 is 0 Å². The van der Waals surface area contributed by atoms with Gasteiger partial charge in [-0.3, -0.25) is 38.9 Å². The lowest BCUT2D eigenvalue weighted by Crippen LogP contribution is -2.38. The highest BCUT2D eigenvalue weighted by atomic mass is 16.6. The normalized spacial score (nSPS) is 14.2. The number of amides is 2. The number of benzene rings is 3. The van der Waals surface area contributed by atoms with Crippen molar-refractivity contribution in [3.8, 4) is 0 Å². The van der Waals surface area contributed by atoms with Gasteiger partial charge in [-0.25, -0.2) is 0 Å². The first-order valence-corrected chi connectivity index (χ1v) is 16.6. The Kier molecular flexibility index (Phi) is 20.9. The second-order valence-electron chi connectivity index (χ2n) is 11.7. The van der Waals surface area contributed by atoms with Gasteiger partial charge in [0.25, 0.3) is 5.69 Å². The van der Waals surface area contributed by atoms with Gasteiger partial charge in [-0.15, -0.1) is 0 Å². The zero-order valence-corrected chi connectivity index (χ0v) is 29.7. The lowest BCUT2D eigenvalue weighted by Gasteiger charge is -2.15. The number of anilines is 2. The number of rotatable bonds is 14. The number of para-hydroxylation sites is 1. The second-order valence-corrected chi connectivity index (χ2v) is 11.7. The summed E-state index contributed by atoms with van der Waals surface area (Å²) < 4.78 is 0. The lowest BCUT2D eigenvalue weighted by atomic mass is 10.1. The molecule has 54 heavy (non-hydrogen) atoms. The molecule has 18 nitrogen and oxygen atoms in total. The van der Waals surface area contributed by atoms with Crippen molar-refractivity contribution in [2.24, 2.45) is 5.73 Å². The maximum atomic E-state index is 12.0. The largest absolute Gasteiger partial charge is 0.481 e. The highest BCUT2D eigenvalue weighted by molar-refractivity contribution is 5.96. The SMILES string of the molecule is C[C@H](NC(=O)CCC(=O)O)C(=O)O.C[C@H](Nc1ccccc1)C(=O)Nc1ccc([N+](=O)[O-])cc1.N[C@@H](Cc1ccccc1)C(=O)O.O=C(O)[C@@H]1CCCN1. The highest BCUT2D eigenvalue weighted by Gasteiger charge is 2.20. The molecule has 0 bridgehead atoms. The molecular formula is C36H46N6O12. The second kappa shape index (κ2) is 24.7. The minimum atomic E-state index is -1.15. The molecule has 0 unspecified atom stereocenters. The van der Waals surface area contributed by atoms with Gasteiger partial charge in [-0.2, -0.15) is 0 Å². The summed E-state index contributed by atoms with van der Waals surface area (Å²) in [4.78, 5) is 73.7. The Morgan fingerprint density at radius 2 is 1.39 bits per heavy atom. The van der Waals surface area contributed by atoms with E-state index in [9.17, 15) is 38.9 Å². The monoisotopic (exact) mass is 754 g/mol. The summed E-state index contributed by atoms with van der Waals surface area (Å²) in [6.07, 6.45) is 1.67. The molecule has 0 aromatic heterocycles. The quantitative estimate of drug-likeness (QED) is 0.0844. The van der Waals surface area contributed by atoms with E-state index in [1.54, 1.807) is 6.92 Å². The van der Waals surface area contributed by atoms with Crippen molar-refractivity contribution in [1.82, 2.24) is 10.6 Å². The molecule has 10 N–H and O–H groups in total. The van der Waals surface area contributed by atoms with Crippen molar-refractivity contribution in [2.45, 2.75) is 70.1 Å². The number of nitrogens with two attached hydrogens (primary N) is 1. The lowest BCUT2D eigenvalue weighted by molar-refractivity contribution is -0.384. The number of non-ortho nitro benzene ring substituents is 1. The van der Waals surface area contributed by atoms with Crippen molar-refractivity contribution >= 4 is 52.8 Å². The van der Waals surface area contributed by atoms with Crippen LogP contribution in [0.25, 0.3) is 0 Å². The van der Waals surface area contributed by atoms with Crippen LogP contribution in [-0.4, -0.2) is 91.8 Å². The number of carboxylic acids is 4. The minimum Gasteiger partial charge on any atom is -0.481 e. The number of nitro groups is 1. The van der Waals surface area contributed by atoms with E-state index in [-0.39, 0.29) is 30.5 Å². The molecule has 0 spiro atoms. The van der Waals surface area contributed by atoms with Crippen molar-refractivity contribution in [3.05, 3.63) is 101 Å². The van der Waals surface area contributed by atoms with E-state index < -0.39 is 52.8 Å². The van der Waals surface area contributed by atoms with Crippen LogP contribution in [0.4, 0.5) is 17.1 Å². The third-order valence-electron chi connectivity index (χ3n) is 7.18. The maximum Gasteiger partial charge on any atom is 0.325 e. The van der Waals surface area contributed by atoms with Crippen molar-refractivity contribution in [2.75, 3.05) is 17.2 Å². The van der Waals surface area contributed by atoms with Crippen molar-refractivity contribution < 1.29 is 54.1 Å². The number of nitrogens with zero attached hydrogens (tertiary/aromatic N) is 1. The van der Waals surface area contributed by atoms with Gasteiger partial charge >= 0.3 is 23.9 Å². The fraction of sp³-hybridized carbons (Fsp3) is 0.333. The summed E-state index contributed by atoms with van der Waals surface area (Å²) in [5.41, 5.74) is 7.66. The van der Waals surface area contributed by atoms with Gasteiger partial charge in [0.1, 0.15) is 24.2 Å². The summed E-state index contributed by atoms with van der Waals surface area (Å²) in [6.45, 7) is 3.91. The summed E-state index contributed by atoms with van der Waals surface area (Å²) in [7, 11) is 0. The number of hydrogen-bond donors (Lipinski definition) is 9. The van der Waals surface area contributed by atoms with Crippen molar-refractivity contribution in [1.29, 1.82) is 0 Å². The van der Waals surface area contributed by atoms with Gasteiger partial charge in [0.2, 0.25) is 11.8 Å². The van der Waals surface area contributed by atoms with Crippen LogP contribution in [0, 0.1) is 10.1 Å². The van der Waals surface area contributed by atoms with Crippen LogP contribution in [-0.2, 0) is 35.2 Å². The van der Waals surface area contributed by atoms with Crippen LogP contribution in [0.15, 0.2) is 84.9 Å². The van der Waals surface area contributed by atoms with E-state index >= 15 is 0 Å². The van der Waals surface area contributed by atoms with E-state index in [2.05, 4.69) is 21.3 Å². The number of carbonyl (C=O) groups is 6. The van der Waals surface area contributed by atoms with Crippen LogP contribution in [0.3, 0.4) is 0 Å². The van der Waals surface area contributed by atoms with Gasteiger partial charge in [0, 0.05) is 29.9 Å². The first-order valence-electron chi connectivity index (χ1n) is 16.6. The average Bonchev–Trinajstić information content (AvgIpc) is 3.69. The number of hydrogen-bond acceptors (Lipinski definition) is 11. The molecular weight excluding hydrogens is 708 g/mol. The summed E-state index contributed by atoms with van der Waals surface area (Å²) >= 11 is 0. The van der Waals surface area contributed by atoms with Crippen LogP contribution < -0.4 is 27.0 Å². The zero-order chi connectivity index (χ0) is 40.6. The Bertz CT molecular complexity index is 1650. The van der Waals surface area contributed by atoms with Crippen LogP contribution in [0.2, 0.25) is 0 Å². The molecule has 292 valence electrons. The first kappa shape index (κ1) is 45.6. The van der Waals surface area contributed by atoms with Gasteiger partial charge < -0.3 is 47.4 Å². The highest BCUT2D eigenvalue weighted by Crippen LogP contribution is 2.16. The molecule has 0 aliphatic carbocycles. The van der Waals surface area contributed by atoms with Gasteiger partial charge in [0.05, 0.1) is 11.3 Å². The van der Waals surface area contributed by atoms with E-state index in [4.69, 9.17) is 26.2 Å². The van der Waals surface area contributed by atoms with Gasteiger partial charge in [0.15, 0.2) is 0 Å². The molecule has 3 aromatic carbocycles.